The first-order chi connectivity index (χ1) is 9.33. The highest BCUT2D eigenvalue weighted by Gasteiger charge is 2.09. The number of anilines is 1. The number of nitrogens with zero attached hydrogens (tertiary/aromatic N) is 3. The zero-order chi connectivity index (χ0) is 13.5. The first kappa shape index (κ1) is 13.5. The summed E-state index contributed by atoms with van der Waals surface area (Å²) in [5.41, 5.74) is 1.65. The van der Waals surface area contributed by atoms with Crippen LogP contribution in [-0.4, -0.2) is 33.3 Å². The summed E-state index contributed by atoms with van der Waals surface area (Å²) < 4.78 is 0. The molecule has 100 valence electrons. The minimum Gasteiger partial charge on any atom is -0.395 e. The average molecular weight is 259 g/mol. The van der Waals surface area contributed by atoms with Gasteiger partial charge in [0.1, 0.15) is 5.82 Å². The third-order valence-corrected chi connectivity index (χ3v) is 2.74. The van der Waals surface area contributed by atoms with Gasteiger partial charge in [-0.25, -0.2) is 4.98 Å². The Balaban J connectivity index is 2.19. The number of aliphatic hydroxyl groups is 2. The van der Waals surface area contributed by atoms with Crippen LogP contribution in [0, 0.1) is 0 Å². The maximum Gasteiger partial charge on any atom is 0.147 e. The number of aliphatic hydroxyl groups excluding tert-OH is 2. The van der Waals surface area contributed by atoms with Crippen molar-refractivity contribution in [1.82, 2.24) is 9.97 Å². The number of hydrogen-bond acceptors (Lipinski definition) is 5. The number of hydrogen-bond donors (Lipinski definition) is 2. The van der Waals surface area contributed by atoms with E-state index in [1.165, 1.54) is 6.20 Å². The summed E-state index contributed by atoms with van der Waals surface area (Å²) in [6.45, 7) is 1.01. The Labute approximate surface area is 112 Å². The fourth-order valence-corrected chi connectivity index (χ4v) is 1.82. The predicted octanol–water partition coefficient (Wildman–Crippen LogP) is 0.968. The van der Waals surface area contributed by atoms with Crippen LogP contribution in [0.15, 0.2) is 42.7 Å². The van der Waals surface area contributed by atoms with E-state index in [2.05, 4.69) is 9.97 Å². The van der Waals surface area contributed by atoms with Gasteiger partial charge in [-0.1, -0.05) is 30.3 Å². The zero-order valence-corrected chi connectivity index (χ0v) is 10.6. The van der Waals surface area contributed by atoms with E-state index in [1.807, 2.05) is 35.2 Å². The lowest BCUT2D eigenvalue weighted by Crippen LogP contribution is -2.27. The van der Waals surface area contributed by atoms with Crippen LogP contribution in [-0.2, 0) is 13.2 Å². The molecule has 19 heavy (non-hydrogen) atoms. The first-order valence-electron chi connectivity index (χ1n) is 6.15. The topological polar surface area (TPSA) is 69.5 Å². The Morgan fingerprint density at radius 2 is 1.84 bits per heavy atom. The van der Waals surface area contributed by atoms with Gasteiger partial charge in [0.05, 0.1) is 31.3 Å². The first-order valence-corrected chi connectivity index (χ1v) is 6.15. The third kappa shape index (κ3) is 3.74. The molecule has 1 aromatic carbocycles. The minimum absolute atomic E-state index is 0.0395. The van der Waals surface area contributed by atoms with Gasteiger partial charge in [0.15, 0.2) is 0 Å². The van der Waals surface area contributed by atoms with Crippen molar-refractivity contribution in [2.24, 2.45) is 0 Å². The average Bonchev–Trinajstić information content (AvgIpc) is 2.48. The van der Waals surface area contributed by atoms with Crippen LogP contribution in [0.1, 0.15) is 11.3 Å². The maximum atomic E-state index is 9.16. The molecule has 0 unspecified atom stereocenters. The van der Waals surface area contributed by atoms with E-state index in [0.29, 0.717) is 24.6 Å². The van der Waals surface area contributed by atoms with Crippen molar-refractivity contribution in [3.63, 3.8) is 0 Å². The van der Waals surface area contributed by atoms with Crippen molar-refractivity contribution >= 4 is 5.82 Å². The Morgan fingerprint density at radius 1 is 1.05 bits per heavy atom. The third-order valence-electron chi connectivity index (χ3n) is 2.74. The molecule has 5 heteroatoms. The number of benzene rings is 1. The van der Waals surface area contributed by atoms with E-state index in [-0.39, 0.29) is 13.2 Å². The van der Waals surface area contributed by atoms with Gasteiger partial charge in [-0.3, -0.25) is 4.98 Å². The van der Waals surface area contributed by atoms with Crippen molar-refractivity contribution in [3.8, 4) is 0 Å². The van der Waals surface area contributed by atoms with E-state index in [1.54, 1.807) is 6.20 Å². The highest BCUT2D eigenvalue weighted by molar-refractivity contribution is 5.37. The molecule has 0 aliphatic rings. The lowest BCUT2D eigenvalue weighted by atomic mass is 10.2. The molecule has 0 saturated carbocycles. The number of rotatable bonds is 6. The van der Waals surface area contributed by atoms with Gasteiger partial charge < -0.3 is 15.1 Å². The van der Waals surface area contributed by atoms with Gasteiger partial charge in [0.25, 0.3) is 0 Å². The van der Waals surface area contributed by atoms with Crippen molar-refractivity contribution in [2.45, 2.75) is 13.2 Å². The van der Waals surface area contributed by atoms with Crippen LogP contribution in [0.2, 0.25) is 0 Å². The Bertz CT molecular complexity index is 505. The predicted molar refractivity (Wildman–Crippen MR) is 72.5 cm³/mol. The lowest BCUT2D eigenvalue weighted by Gasteiger charge is -2.22. The van der Waals surface area contributed by atoms with E-state index in [0.717, 1.165) is 5.56 Å². The molecule has 0 aliphatic carbocycles. The normalized spacial score (nSPS) is 10.4. The SMILES string of the molecule is OCCN(Cc1ccccc1)c1cncc(CO)n1. The molecular weight excluding hydrogens is 242 g/mol. The molecule has 1 heterocycles. The van der Waals surface area contributed by atoms with Crippen molar-refractivity contribution < 1.29 is 10.2 Å². The second-order valence-electron chi connectivity index (χ2n) is 4.16. The summed E-state index contributed by atoms with van der Waals surface area (Å²) in [5.74, 6) is 0.657. The Hall–Kier alpha value is -1.98. The molecular formula is C14H17N3O2. The summed E-state index contributed by atoms with van der Waals surface area (Å²) in [4.78, 5) is 10.3. The molecule has 0 aliphatic heterocycles. The van der Waals surface area contributed by atoms with Crippen LogP contribution in [0.5, 0.6) is 0 Å². The molecule has 0 spiro atoms. The molecule has 2 N–H and O–H groups in total. The molecule has 2 aromatic rings. The van der Waals surface area contributed by atoms with E-state index in [4.69, 9.17) is 10.2 Å². The van der Waals surface area contributed by atoms with Crippen LogP contribution < -0.4 is 4.90 Å². The Kier molecular flexibility index (Phi) is 4.83. The minimum atomic E-state index is -0.140. The summed E-state index contributed by atoms with van der Waals surface area (Å²) in [7, 11) is 0. The molecule has 5 nitrogen and oxygen atoms in total. The zero-order valence-electron chi connectivity index (χ0n) is 10.6. The van der Waals surface area contributed by atoms with Gasteiger partial charge in [-0.05, 0) is 5.56 Å². The highest BCUT2D eigenvalue weighted by atomic mass is 16.3. The summed E-state index contributed by atoms with van der Waals surface area (Å²) in [6.07, 6.45) is 3.17. The molecule has 0 saturated heterocycles. The second kappa shape index (κ2) is 6.82. The molecule has 1 aromatic heterocycles. The molecule has 0 atom stereocenters. The molecule has 2 rings (SSSR count). The van der Waals surface area contributed by atoms with E-state index in [9.17, 15) is 0 Å². The largest absolute Gasteiger partial charge is 0.395 e. The summed E-state index contributed by atoms with van der Waals surface area (Å²) >= 11 is 0. The molecule has 0 amide bonds. The van der Waals surface area contributed by atoms with Crippen molar-refractivity contribution in [2.75, 3.05) is 18.1 Å². The molecule has 0 fully saturated rings. The van der Waals surface area contributed by atoms with E-state index >= 15 is 0 Å². The van der Waals surface area contributed by atoms with Crippen LogP contribution in [0.25, 0.3) is 0 Å². The van der Waals surface area contributed by atoms with Gasteiger partial charge in [0, 0.05) is 13.1 Å². The van der Waals surface area contributed by atoms with Gasteiger partial charge in [0.2, 0.25) is 0 Å². The van der Waals surface area contributed by atoms with Gasteiger partial charge in [-0.2, -0.15) is 0 Å². The monoisotopic (exact) mass is 259 g/mol. The van der Waals surface area contributed by atoms with Crippen LogP contribution >= 0.6 is 0 Å². The second-order valence-corrected chi connectivity index (χ2v) is 4.16. The smallest absolute Gasteiger partial charge is 0.147 e. The van der Waals surface area contributed by atoms with Crippen LogP contribution in [0.4, 0.5) is 5.82 Å². The fourth-order valence-electron chi connectivity index (χ4n) is 1.82. The van der Waals surface area contributed by atoms with E-state index < -0.39 is 0 Å². The molecule has 0 radical (unpaired) electrons. The number of aromatic nitrogens is 2. The van der Waals surface area contributed by atoms with Crippen molar-refractivity contribution in [3.05, 3.63) is 54.0 Å². The highest BCUT2D eigenvalue weighted by Crippen LogP contribution is 2.13. The van der Waals surface area contributed by atoms with Crippen molar-refractivity contribution in [1.29, 1.82) is 0 Å². The fraction of sp³-hybridized carbons (Fsp3) is 0.286. The maximum absolute atomic E-state index is 9.16. The quantitative estimate of drug-likeness (QED) is 0.809. The van der Waals surface area contributed by atoms with Gasteiger partial charge in [-0.15, -0.1) is 0 Å². The van der Waals surface area contributed by atoms with Crippen LogP contribution in [0.3, 0.4) is 0 Å². The summed E-state index contributed by atoms with van der Waals surface area (Å²) in [6, 6.07) is 9.96. The lowest BCUT2D eigenvalue weighted by molar-refractivity contribution is 0.276. The standard InChI is InChI=1S/C14H17N3O2/c18-7-6-17(10-12-4-2-1-3-5-12)14-9-15-8-13(11-19)16-14/h1-5,8-9,18-19H,6-7,10-11H2. The Morgan fingerprint density at radius 3 is 2.53 bits per heavy atom. The van der Waals surface area contributed by atoms with Gasteiger partial charge >= 0.3 is 0 Å². The molecule has 0 bridgehead atoms. The summed E-state index contributed by atoms with van der Waals surface area (Å²) in [5, 5.41) is 18.3.